The number of ether oxygens (including phenoxy) is 1. The maximum absolute atomic E-state index is 5.63. The number of hydrogen-bond acceptors (Lipinski definition) is 5. The van der Waals surface area contributed by atoms with Crippen LogP contribution in [0.25, 0.3) is 0 Å². The normalized spacial score (nSPS) is 17.0. The minimum absolute atomic E-state index is 0.276. The molecule has 128 valence electrons. The van der Waals surface area contributed by atoms with Crippen LogP contribution in [0.5, 0.6) is 0 Å². The molecule has 0 bridgehead atoms. The van der Waals surface area contributed by atoms with Crippen LogP contribution in [-0.4, -0.2) is 29.2 Å². The molecule has 0 saturated carbocycles. The summed E-state index contributed by atoms with van der Waals surface area (Å²) in [5.74, 6) is 1.46. The molecule has 2 aromatic rings. The van der Waals surface area contributed by atoms with Crippen molar-refractivity contribution in [1.29, 1.82) is 0 Å². The Bertz CT molecular complexity index is 646. The molecule has 2 N–H and O–H groups in total. The lowest BCUT2D eigenvalue weighted by Gasteiger charge is -2.16. The Morgan fingerprint density at radius 1 is 1.17 bits per heavy atom. The highest BCUT2D eigenvalue weighted by Gasteiger charge is 2.15. The Kier molecular flexibility index (Phi) is 5.64. The first-order valence-corrected chi connectivity index (χ1v) is 8.86. The first kappa shape index (κ1) is 16.7. The standard InChI is InChI=1S/C19H26N4O/c1-3-14-7-5-8-15(4-2)18(14)22-17-10-11-20-19(23-17)21-13-16-9-6-12-24-16/h5,7-8,10-11,16H,3-4,6,9,12-13H2,1-2H3,(H2,20,21,22,23). The second-order valence-electron chi connectivity index (χ2n) is 6.06. The highest BCUT2D eigenvalue weighted by molar-refractivity contribution is 5.65. The van der Waals surface area contributed by atoms with E-state index in [4.69, 9.17) is 4.74 Å². The van der Waals surface area contributed by atoms with Crippen LogP contribution < -0.4 is 10.6 Å². The van der Waals surface area contributed by atoms with E-state index in [1.54, 1.807) is 6.20 Å². The van der Waals surface area contributed by atoms with Crippen LogP contribution in [0.15, 0.2) is 30.5 Å². The molecule has 1 atom stereocenters. The first-order chi connectivity index (χ1) is 11.8. The molecule has 5 heteroatoms. The molecule has 0 spiro atoms. The summed E-state index contributed by atoms with van der Waals surface area (Å²) >= 11 is 0. The van der Waals surface area contributed by atoms with Gasteiger partial charge in [-0.1, -0.05) is 32.0 Å². The molecule has 1 fully saturated rings. The molecule has 1 aromatic heterocycles. The average Bonchev–Trinajstić information content (AvgIpc) is 3.14. The molecule has 24 heavy (non-hydrogen) atoms. The molecule has 2 heterocycles. The monoisotopic (exact) mass is 326 g/mol. The molecule has 5 nitrogen and oxygen atoms in total. The van der Waals surface area contributed by atoms with Gasteiger partial charge in [0.25, 0.3) is 0 Å². The van der Waals surface area contributed by atoms with Crippen LogP contribution >= 0.6 is 0 Å². The molecule has 1 saturated heterocycles. The van der Waals surface area contributed by atoms with Crippen molar-refractivity contribution in [3.8, 4) is 0 Å². The van der Waals surface area contributed by atoms with Gasteiger partial charge in [0.05, 0.1) is 6.10 Å². The van der Waals surface area contributed by atoms with Gasteiger partial charge in [-0.05, 0) is 42.9 Å². The summed E-state index contributed by atoms with van der Waals surface area (Å²) in [7, 11) is 0. The summed E-state index contributed by atoms with van der Waals surface area (Å²) in [6.07, 6.45) is 6.29. The van der Waals surface area contributed by atoms with Gasteiger partial charge in [-0.15, -0.1) is 0 Å². The summed E-state index contributed by atoms with van der Waals surface area (Å²) in [5, 5.41) is 6.77. The van der Waals surface area contributed by atoms with E-state index >= 15 is 0 Å². The van der Waals surface area contributed by atoms with Crippen molar-refractivity contribution in [3.05, 3.63) is 41.6 Å². The van der Waals surface area contributed by atoms with Crippen molar-refractivity contribution in [1.82, 2.24) is 9.97 Å². The van der Waals surface area contributed by atoms with Crippen molar-refractivity contribution in [2.24, 2.45) is 0 Å². The molecule has 0 aliphatic carbocycles. The van der Waals surface area contributed by atoms with Gasteiger partial charge in [0.15, 0.2) is 0 Å². The number of rotatable bonds is 7. The highest BCUT2D eigenvalue weighted by Crippen LogP contribution is 2.26. The number of benzene rings is 1. The van der Waals surface area contributed by atoms with E-state index in [0.29, 0.717) is 5.95 Å². The number of hydrogen-bond donors (Lipinski definition) is 2. The molecule has 1 aliphatic rings. The van der Waals surface area contributed by atoms with Crippen LogP contribution in [0.3, 0.4) is 0 Å². The number of para-hydroxylation sites is 1. The minimum atomic E-state index is 0.276. The average molecular weight is 326 g/mol. The van der Waals surface area contributed by atoms with Gasteiger partial charge in [0.2, 0.25) is 5.95 Å². The third kappa shape index (κ3) is 4.03. The molecular weight excluding hydrogens is 300 g/mol. The molecule has 0 radical (unpaired) electrons. The Labute approximate surface area is 143 Å². The van der Waals surface area contributed by atoms with E-state index in [-0.39, 0.29) is 6.10 Å². The fourth-order valence-corrected chi connectivity index (χ4v) is 3.06. The van der Waals surface area contributed by atoms with E-state index in [0.717, 1.165) is 44.7 Å². The van der Waals surface area contributed by atoms with E-state index in [1.165, 1.54) is 16.8 Å². The third-order valence-corrected chi connectivity index (χ3v) is 4.42. The highest BCUT2D eigenvalue weighted by atomic mass is 16.5. The van der Waals surface area contributed by atoms with E-state index in [1.807, 2.05) is 6.07 Å². The molecule has 1 aromatic carbocycles. The van der Waals surface area contributed by atoms with Crippen LogP contribution in [-0.2, 0) is 17.6 Å². The number of aromatic nitrogens is 2. The Hall–Kier alpha value is -2.14. The number of nitrogens with zero attached hydrogens (tertiary/aromatic N) is 2. The third-order valence-electron chi connectivity index (χ3n) is 4.42. The van der Waals surface area contributed by atoms with Gasteiger partial charge in [0, 0.05) is 25.0 Å². The Morgan fingerprint density at radius 3 is 2.62 bits per heavy atom. The lowest BCUT2D eigenvalue weighted by molar-refractivity contribution is 0.120. The maximum Gasteiger partial charge on any atom is 0.224 e. The van der Waals surface area contributed by atoms with Gasteiger partial charge in [-0.3, -0.25) is 0 Å². The summed E-state index contributed by atoms with van der Waals surface area (Å²) < 4.78 is 5.63. The van der Waals surface area contributed by atoms with Crippen molar-refractivity contribution < 1.29 is 4.74 Å². The van der Waals surface area contributed by atoms with Gasteiger partial charge in [-0.2, -0.15) is 4.98 Å². The van der Waals surface area contributed by atoms with Crippen LogP contribution in [0.2, 0.25) is 0 Å². The lowest BCUT2D eigenvalue weighted by atomic mass is 10.0. The molecule has 0 amide bonds. The minimum Gasteiger partial charge on any atom is -0.376 e. The summed E-state index contributed by atoms with van der Waals surface area (Å²) in [4.78, 5) is 8.90. The predicted molar refractivity (Wildman–Crippen MR) is 98.0 cm³/mol. The zero-order valence-electron chi connectivity index (χ0n) is 14.5. The summed E-state index contributed by atoms with van der Waals surface area (Å²) in [6.45, 7) is 5.97. The number of anilines is 3. The SMILES string of the molecule is CCc1cccc(CC)c1Nc1ccnc(NCC2CCCO2)n1. The van der Waals surface area contributed by atoms with Gasteiger partial charge in [-0.25, -0.2) is 4.98 Å². The molecule has 1 aliphatic heterocycles. The second kappa shape index (κ2) is 8.11. The molecule has 1 unspecified atom stereocenters. The number of aryl methyl sites for hydroxylation is 2. The fraction of sp³-hybridized carbons (Fsp3) is 0.474. The van der Waals surface area contributed by atoms with Crippen molar-refractivity contribution >= 4 is 17.5 Å². The lowest BCUT2D eigenvalue weighted by Crippen LogP contribution is -2.19. The zero-order chi connectivity index (χ0) is 16.8. The van der Waals surface area contributed by atoms with Crippen molar-refractivity contribution in [2.75, 3.05) is 23.8 Å². The van der Waals surface area contributed by atoms with Gasteiger partial charge >= 0.3 is 0 Å². The summed E-state index contributed by atoms with van der Waals surface area (Å²) in [6, 6.07) is 8.36. The maximum atomic E-state index is 5.63. The fourth-order valence-electron chi connectivity index (χ4n) is 3.06. The van der Waals surface area contributed by atoms with E-state index < -0.39 is 0 Å². The predicted octanol–water partition coefficient (Wildman–Crippen LogP) is 3.94. The van der Waals surface area contributed by atoms with E-state index in [2.05, 4.69) is 52.6 Å². The molecule has 3 rings (SSSR count). The van der Waals surface area contributed by atoms with Gasteiger partial charge in [0.1, 0.15) is 5.82 Å². The quantitative estimate of drug-likeness (QED) is 0.807. The topological polar surface area (TPSA) is 59.1 Å². The largest absolute Gasteiger partial charge is 0.376 e. The zero-order valence-corrected chi connectivity index (χ0v) is 14.5. The smallest absolute Gasteiger partial charge is 0.224 e. The molecular formula is C19H26N4O. The Balaban J connectivity index is 1.72. The van der Waals surface area contributed by atoms with Crippen LogP contribution in [0.4, 0.5) is 17.5 Å². The van der Waals surface area contributed by atoms with Crippen LogP contribution in [0.1, 0.15) is 37.8 Å². The van der Waals surface area contributed by atoms with Crippen molar-refractivity contribution in [2.45, 2.75) is 45.6 Å². The second-order valence-corrected chi connectivity index (χ2v) is 6.06. The first-order valence-electron chi connectivity index (χ1n) is 8.86. The Morgan fingerprint density at radius 2 is 1.96 bits per heavy atom. The number of nitrogens with one attached hydrogen (secondary N) is 2. The van der Waals surface area contributed by atoms with Gasteiger partial charge < -0.3 is 15.4 Å². The van der Waals surface area contributed by atoms with E-state index in [9.17, 15) is 0 Å². The van der Waals surface area contributed by atoms with Crippen molar-refractivity contribution in [3.63, 3.8) is 0 Å². The summed E-state index contributed by atoms with van der Waals surface area (Å²) in [5.41, 5.74) is 3.79. The van der Waals surface area contributed by atoms with Crippen LogP contribution in [0, 0.1) is 0 Å².